The summed E-state index contributed by atoms with van der Waals surface area (Å²) in [5, 5.41) is 11.2. The molecule has 0 aliphatic carbocycles. The van der Waals surface area contributed by atoms with E-state index in [2.05, 4.69) is 4.18 Å². The van der Waals surface area contributed by atoms with E-state index in [1.165, 1.54) is 29.2 Å². The summed E-state index contributed by atoms with van der Waals surface area (Å²) in [6, 6.07) is 15.7. The van der Waals surface area contributed by atoms with Crippen LogP contribution in [0.15, 0.2) is 82.6 Å². The van der Waals surface area contributed by atoms with Crippen molar-refractivity contribution in [1.82, 2.24) is 4.90 Å². The second-order valence-corrected chi connectivity index (χ2v) is 14.3. The molecule has 0 aliphatic heterocycles. The fourth-order valence-corrected chi connectivity index (χ4v) is 5.61. The molecule has 0 spiro atoms. The van der Waals surface area contributed by atoms with Crippen LogP contribution in [-0.4, -0.2) is 57.1 Å². The number of benzene rings is 3. The molecule has 1 N–H and O–H groups in total. The molecular weight excluding hydrogens is 635 g/mol. The van der Waals surface area contributed by atoms with Gasteiger partial charge in [-0.3, -0.25) is 0 Å². The van der Waals surface area contributed by atoms with Crippen LogP contribution in [0.5, 0.6) is 5.75 Å². The minimum Gasteiger partial charge on any atom is -0.444 e. The number of carbonyl (C=O) groups excluding carboxylic acids is 1. The van der Waals surface area contributed by atoms with Gasteiger partial charge in [-0.25, -0.2) is 13.2 Å². The van der Waals surface area contributed by atoms with Gasteiger partial charge < -0.3 is 18.9 Å². The van der Waals surface area contributed by atoms with Crippen molar-refractivity contribution in [3.05, 3.63) is 88.9 Å². The van der Waals surface area contributed by atoms with Crippen LogP contribution >= 0.6 is 11.6 Å². The van der Waals surface area contributed by atoms with E-state index in [4.69, 9.17) is 16.3 Å². The average Bonchev–Trinajstić information content (AvgIpc) is 2.89. The molecule has 0 aromatic heterocycles. The monoisotopic (exact) mass is 663 g/mol. The highest BCUT2D eigenvalue weighted by Gasteiger charge is 2.48. The number of rotatable bonds is 10. The zero-order valence-electron chi connectivity index (χ0n) is 23.2. The van der Waals surface area contributed by atoms with E-state index in [0.29, 0.717) is 16.1 Å². The first-order valence-electron chi connectivity index (χ1n) is 12.6. The Hall–Kier alpha value is -3.33. The van der Waals surface area contributed by atoms with Gasteiger partial charge in [0, 0.05) is 11.6 Å². The number of halogens is 4. The first kappa shape index (κ1) is 34.2. The molecule has 0 fully saturated rings. The summed E-state index contributed by atoms with van der Waals surface area (Å²) in [7, 11) is -10.0. The zero-order valence-corrected chi connectivity index (χ0v) is 25.6. The molecular formula is C28H29ClF3NO8S2. The molecule has 0 heterocycles. The Kier molecular flexibility index (Phi) is 10.4. The van der Waals surface area contributed by atoms with Crippen LogP contribution in [-0.2, 0) is 31.1 Å². The first-order valence-corrected chi connectivity index (χ1v) is 15.9. The SMILES string of the molecule is CC(C)(C)OC(=O)N(CCc1ccc(S(=O)(=O)c2ccc(OS(=O)(=O)C(F)(F)F)cc2)cc1)C[C@H](O)c1cccc(Cl)c1. The standard InChI is InChI=1S/C28H29ClF3NO8S2/c1-27(2,3)40-26(35)33(18-25(34)20-5-4-6-21(29)17-20)16-15-19-7-11-23(12-8-19)42(36,37)24-13-9-22(10-14-24)41-43(38,39)28(30,31)32/h4-14,17,25,34H,15-16,18H2,1-3H3/t25-/m0/s1. The summed E-state index contributed by atoms with van der Waals surface area (Å²) >= 11 is 6.02. The molecule has 0 saturated carbocycles. The summed E-state index contributed by atoms with van der Waals surface area (Å²) in [5.41, 5.74) is -5.26. The summed E-state index contributed by atoms with van der Waals surface area (Å²) in [5.74, 6) is -0.707. The van der Waals surface area contributed by atoms with E-state index in [1.54, 1.807) is 45.0 Å². The number of hydrogen-bond donors (Lipinski definition) is 1. The van der Waals surface area contributed by atoms with Crippen LogP contribution in [0.25, 0.3) is 0 Å². The quantitative estimate of drug-likeness (QED) is 0.209. The lowest BCUT2D eigenvalue weighted by Gasteiger charge is -2.29. The van der Waals surface area contributed by atoms with Crippen molar-refractivity contribution in [2.24, 2.45) is 0 Å². The highest BCUT2D eigenvalue weighted by Crippen LogP contribution is 2.29. The molecule has 43 heavy (non-hydrogen) atoms. The number of sulfone groups is 1. The van der Waals surface area contributed by atoms with Crippen LogP contribution in [0.1, 0.15) is 38.0 Å². The fraction of sp³-hybridized carbons (Fsp3) is 0.321. The Bertz CT molecular complexity index is 1640. The Balaban J connectivity index is 1.73. The van der Waals surface area contributed by atoms with E-state index in [-0.39, 0.29) is 29.3 Å². The normalized spacial score (nSPS) is 13.3. The minimum absolute atomic E-state index is 0.0916. The Morgan fingerprint density at radius 3 is 2.00 bits per heavy atom. The Morgan fingerprint density at radius 2 is 1.49 bits per heavy atom. The molecule has 1 atom stereocenters. The van der Waals surface area contributed by atoms with Crippen molar-refractivity contribution in [1.29, 1.82) is 0 Å². The van der Waals surface area contributed by atoms with Crippen molar-refractivity contribution in [2.75, 3.05) is 13.1 Å². The average molecular weight is 664 g/mol. The van der Waals surface area contributed by atoms with Gasteiger partial charge in [-0.2, -0.15) is 21.6 Å². The molecule has 234 valence electrons. The Morgan fingerprint density at radius 1 is 0.930 bits per heavy atom. The van der Waals surface area contributed by atoms with E-state index in [9.17, 15) is 39.9 Å². The number of hydrogen-bond acceptors (Lipinski definition) is 8. The minimum atomic E-state index is -5.91. The molecule has 0 unspecified atom stereocenters. The highest BCUT2D eigenvalue weighted by molar-refractivity contribution is 7.91. The third kappa shape index (κ3) is 9.33. The van der Waals surface area contributed by atoms with Crippen LogP contribution in [0.3, 0.4) is 0 Å². The molecule has 3 aromatic carbocycles. The van der Waals surface area contributed by atoms with Gasteiger partial charge in [-0.05, 0) is 86.8 Å². The summed E-state index contributed by atoms with van der Waals surface area (Å²) in [6.45, 7) is 5.16. The van der Waals surface area contributed by atoms with E-state index >= 15 is 0 Å². The van der Waals surface area contributed by atoms with Gasteiger partial charge in [0.2, 0.25) is 9.84 Å². The van der Waals surface area contributed by atoms with Crippen molar-refractivity contribution in [3.63, 3.8) is 0 Å². The summed E-state index contributed by atoms with van der Waals surface area (Å²) < 4.78 is 95.5. The maximum absolute atomic E-state index is 13.0. The number of carbonyl (C=O) groups is 1. The largest absolute Gasteiger partial charge is 0.534 e. The first-order chi connectivity index (χ1) is 19.8. The topological polar surface area (TPSA) is 127 Å². The van der Waals surface area contributed by atoms with Gasteiger partial charge in [-0.15, -0.1) is 0 Å². The lowest BCUT2D eigenvalue weighted by molar-refractivity contribution is -0.0500. The van der Waals surface area contributed by atoms with Gasteiger partial charge in [-0.1, -0.05) is 35.9 Å². The summed E-state index contributed by atoms with van der Waals surface area (Å²) in [6.07, 6.45) is -1.42. The fourth-order valence-electron chi connectivity index (χ4n) is 3.70. The maximum atomic E-state index is 13.0. The van der Waals surface area contributed by atoms with Gasteiger partial charge >= 0.3 is 21.7 Å². The van der Waals surface area contributed by atoms with Gasteiger partial charge in [0.15, 0.2) is 0 Å². The number of amides is 1. The third-order valence-corrected chi connectivity index (χ3v) is 8.81. The van der Waals surface area contributed by atoms with Crippen LogP contribution in [0.2, 0.25) is 5.02 Å². The second-order valence-electron chi connectivity index (χ2n) is 10.3. The van der Waals surface area contributed by atoms with Crippen LogP contribution < -0.4 is 4.18 Å². The van der Waals surface area contributed by atoms with Crippen molar-refractivity contribution < 1.29 is 48.8 Å². The van der Waals surface area contributed by atoms with E-state index < -0.39 is 49.0 Å². The molecule has 0 aliphatic rings. The molecule has 0 bridgehead atoms. The predicted molar refractivity (Wildman–Crippen MR) is 152 cm³/mol. The highest BCUT2D eigenvalue weighted by atomic mass is 35.5. The molecule has 3 aromatic rings. The van der Waals surface area contributed by atoms with Gasteiger partial charge in [0.05, 0.1) is 22.4 Å². The maximum Gasteiger partial charge on any atom is 0.534 e. The summed E-state index contributed by atoms with van der Waals surface area (Å²) in [4.78, 5) is 13.8. The number of alkyl halides is 3. The smallest absolute Gasteiger partial charge is 0.444 e. The molecule has 1 amide bonds. The number of ether oxygens (including phenoxy) is 1. The van der Waals surface area contributed by atoms with Crippen LogP contribution in [0, 0.1) is 0 Å². The van der Waals surface area contributed by atoms with E-state index in [1.807, 2.05) is 0 Å². The number of nitrogens with zero attached hydrogens (tertiary/aromatic N) is 1. The Labute approximate surface area is 252 Å². The molecule has 0 radical (unpaired) electrons. The van der Waals surface area contributed by atoms with Crippen LogP contribution in [0.4, 0.5) is 18.0 Å². The van der Waals surface area contributed by atoms with Crippen molar-refractivity contribution in [3.8, 4) is 5.75 Å². The molecule has 0 saturated heterocycles. The third-order valence-electron chi connectivity index (χ3n) is 5.81. The van der Waals surface area contributed by atoms with Gasteiger partial charge in [0.1, 0.15) is 11.4 Å². The number of aliphatic hydroxyl groups excluding tert-OH is 1. The van der Waals surface area contributed by atoms with E-state index in [0.717, 1.165) is 24.3 Å². The molecule has 3 rings (SSSR count). The number of aliphatic hydroxyl groups is 1. The lowest BCUT2D eigenvalue weighted by Crippen LogP contribution is -2.40. The second kappa shape index (κ2) is 13.1. The van der Waals surface area contributed by atoms with Crippen molar-refractivity contribution >= 4 is 37.6 Å². The van der Waals surface area contributed by atoms with Gasteiger partial charge in [0.25, 0.3) is 0 Å². The lowest BCUT2D eigenvalue weighted by atomic mass is 10.1. The zero-order chi connectivity index (χ0) is 32.2. The molecule has 9 nitrogen and oxygen atoms in total. The molecule has 15 heteroatoms. The predicted octanol–water partition coefficient (Wildman–Crippen LogP) is 5.91. The van der Waals surface area contributed by atoms with Crippen molar-refractivity contribution in [2.45, 2.75) is 54.2 Å².